The fourth-order valence-electron chi connectivity index (χ4n) is 2.51. The van der Waals surface area contributed by atoms with Crippen LogP contribution >= 0.6 is 11.6 Å². The van der Waals surface area contributed by atoms with Gasteiger partial charge in [0.05, 0.1) is 17.8 Å². The first kappa shape index (κ1) is 18.4. The van der Waals surface area contributed by atoms with Gasteiger partial charge in [-0.3, -0.25) is 14.9 Å². The summed E-state index contributed by atoms with van der Waals surface area (Å²) in [6, 6.07) is 6.76. The molecule has 2 aromatic carbocycles. The van der Waals surface area contributed by atoms with Gasteiger partial charge in [0.15, 0.2) is 11.5 Å². The highest BCUT2D eigenvalue weighted by Crippen LogP contribution is 2.36. The van der Waals surface area contributed by atoms with Crippen molar-refractivity contribution in [1.29, 1.82) is 0 Å². The molecule has 0 unspecified atom stereocenters. The fourth-order valence-corrected chi connectivity index (χ4v) is 2.73. The lowest BCUT2D eigenvalue weighted by atomic mass is 10.1. The van der Waals surface area contributed by atoms with Crippen LogP contribution in [0.1, 0.15) is 5.56 Å². The van der Waals surface area contributed by atoms with Crippen LogP contribution in [-0.4, -0.2) is 30.1 Å². The largest absolute Gasteiger partial charge is 0.503 e. The summed E-state index contributed by atoms with van der Waals surface area (Å²) in [5.41, 5.74) is -0.447. The number of rotatable bonds is 3. The molecule has 9 heteroatoms. The first-order valence-electron chi connectivity index (χ1n) is 7.56. The lowest BCUT2D eigenvalue weighted by molar-refractivity contribution is -0.122. The summed E-state index contributed by atoms with van der Waals surface area (Å²) >= 11 is 5.90. The zero-order valence-electron chi connectivity index (χ0n) is 13.8. The van der Waals surface area contributed by atoms with Crippen molar-refractivity contribution in [3.05, 3.63) is 58.4 Å². The normalized spacial score (nSPS) is 15.9. The molecule has 7 nitrogen and oxygen atoms in total. The van der Waals surface area contributed by atoms with Crippen LogP contribution in [0.5, 0.6) is 11.5 Å². The Balaban J connectivity index is 2.08. The Morgan fingerprint density at radius 2 is 1.93 bits per heavy atom. The number of hydrogen-bond acceptors (Lipinski definition) is 5. The molecule has 0 aliphatic carbocycles. The molecule has 0 atom stereocenters. The highest BCUT2D eigenvalue weighted by molar-refractivity contribution is 6.39. The zero-order chi connectivity index (χ0) is 19.7. The first-order valence-corrected chi connectivity index (χ1v) is 7.93. The molecule has 1 heterocycles. The third-order valence-electron chi connectivity index (χ3n) is 3.78. The van der Waals surface area contributed by atoms with Gasteiger partial charge in [-0.2, -0.15) is 0 Å². The minimum atomic E-state index is -1.06. The molecule has 1 fully saturated rings. The Kier molecular flexibility index (Phi) is 4.83. The summed E-state index contributed by atoms with van der Waals surface area (Å²) < 4.78 is 19.0. The SMILES string of the molecule is COc1cc(/C=C2/C(=O)NC(=O)N(c3ccccc3F)C2=O)cc(Cl)c1O. The van der Waals surface area contributed by atoms with Crippen LogP contribution in [0.15, 0.2) is 42.0 Å². The number of methoxy groups -OCH3 is 1. The highest BCUT2D eigenvalue weighted by Gasteiger charge is 2.38. The van der Waals surface area contributed by atoms with E-state index in [9.17, 15) is 23.9 Å². The standard InChI is InChI=1S/C18H12ClFN2O5/c1-27-14-8-9(7-11(19)15(14)23)6-10-16(24)21-18(26)22(17(10)25)13-5-3-2-4-12(13)20/h2-8,23H,1H3,(H,21,24,26)/b10-6-. The maximum atomic E-state index is 14.0. The van der Waals surface area contributed by atoms with Crippen LogP contribution in [0, 0.1) is 5.82 Å². The summed E-state index contributed by atoms with van der Waals surface area (Å²) in [6.07, 6.45) is 1.16. The molecule has 27 heavy (non-hydrogen) atoms. The number of urea groups is 1. The van der Waals surface area contributed by atoms with Crippen molar-refractivity contribution < 1.29 is 28.6 Å². The fraction of sp³-hybridized carbons (Fsp3) is 0.0556. The van der Waals surface area contributed by atoms with Gasteiger partial charge in [-0.05, 0) is 35.9 Å². The number of para-hydroxylation sites is 1. The van der Waals surface area contributed by atoms with E-state index in [1.54, 1.807) is 0 Å². The lowest BCUT2D eigenvalue weighted by Crippen LogP contribution is -2.54. The summed E-state index contributed by atoms with van der Waals surface area (Å²) in [5, 5.41) is 11.7. The number of nitrogens with zero attached hydrogens (tertiary/aromatic N) is 1. The number of benzene rings is 2. The van der Waals surface area contributed by atoms with Crippen LogP contribution < -0.4 is 15.0 Å². The molecular formula is C18H12ClFN2O5. The predicted molar refractivity (Wildman–Crippen MR) is 95.1 cm³/mol. The molecule has 0 spiro atoms. The molecule has 0 bridgehead atoms. The summed E-state index contributed by atoms with van der Waals surface area (Å²) in [6.45, 7) is 0. The van der Waals surface area contributed by atoms with Gasteiger partial charge in [-0.1, -0.05) is 23.7 Å². The van der Waals surface area contributed by atoms with Gasteiger partial charge in [0.2, 0.25) is 0 Å². The second kappa shape index (κ2) is 7.08. The van der Waals surface area contributed by atoms with Crippen LogP contribution in [0.3, 0.4) is 0 Å². The van der Waals surface area contributed by atoms with Crippen LogP contribution in [0.25, 0.3) is 6.08 Å². The van der Waals surface area contributed by atoms with Crippen molar-refractivity contribution in [2.45, 2.75) is 0 Å². The van der Waals surface area contributed by atoms with Gasteiger partial charge < -0.3 is 9.84 Å². The summed E-state index contributed by atoms with van der Waals surface area (Å²) in [5.74, 6) is -3.02. The number of ether oxygens (including phenoxy) is 1. The predicted octanol–water partition coefficient (Wildman–Crippen LogP) is 2.86. The number of nitrogens with one attached hydrogen (secondary N) is 1. The number of halogens is 2. The maximum absolute atomic E-state index is 14.0. The van der Waals surface area contributed by atoms with Gasteiger partial charge in [-0.15, -0.1) is 0 Å². The van der Waals surface area contributed by atoms with E-state index in [1.807, 2.05) is 5.32 Å². The molecule has 2 N–H and O–H groups in total. The molecular weight excluding hydrogens is 379 g/mol. The van der Waals surface area contributed by atoms with Gasteiger partial charge in [0, 0.05) is 0 Å². The van der Waals surface area contributed by atoms with E-state index in [4.69, 9.17) is 16.3 Å². The van der Waals surface area contributed by atoms with Crippen molar-refractivity contribution in [2.75, 3.05) is 12.0 Å². The minimum absolute atomic E-state index is 0.0278. The molecule has 138 valence electrons. The third-order valence-corrected chi connectivity index (χ3v) is 4.06. The quantitative estimate of drug-likeness (QED) is 0.620. The number of carbonyl (C=O) groups is 3. The number of carbonyl (C=O) groups excluding carboxylic acids is 3. The average Bonchev–Trinajstić information content (AvgIpc) is 2.62. The molecule has 2 aromatic rings. The Morgan fingerprint density at radius 1 is 1.22 bits per heavy atom. The van der Waals surface area contributed by atoms with E-state index in [-0.39, 0.29) is 27.8 Å². The number of hydrogen-bond donors (Lipinski definition) is 2. The van der Waals surface area contributed by atoms with E-state index < -0.39 is 29.2 Å². The Morgan fingerprint density at radius 3 is 2.59 bits per heavy atom. The van der Waals surface area contributed by atoms with Crippen molar-refractivity contribution in [3.8, 4) is 11.5 Å². The van der Waals surface area contributed by atoms with Crippen LogP contribution in [-0.2, 0) is 9.59 Å². The second-order valence-corrected chi connectivity index (χ2v) is 5.87. The average molecular weight is 391 g/mol. The second-order valence-electron chi connectivity index (χ2n) is 5.46. The number of phenolic OH excluding ortho intramolecular Hbond substituents is 1. The molecule has 3 rings (SSSR count). The topological polar surface area (TPSA) is 95.9 Å². The number of phenols is 1. The van der Waals surface area contributed by atoms with E-state index in [1.165, 1.54) is 37.4 Å². The number of anilines is 1. The number of barbiturate groups is 1. The maximum Gasteiger partial charge on any atom is 0.336 e. The van der Waals surface area contributed by atoms with Crippen LogP contribution in [0.2, 0.25) is 5.02 Å². The van der Waals surface area contributed by atoms with E-state index in [2.05, 4.69) is 0 Å². The van der Waals surface area contributed by atoms with Gasteiger partial charge in [-0.25, -0.2) is 14.1 Å². The molecule has 4 amide bonds. The summed E-state index contributed by atoms with van der Waals surface area (Å²) in [4.78, 5) is 37.4. The number of imide groups is 2. The van der Waals surface area contributed by atoms with E-state index in [0.29, 0.717) is 4.90 Å². The number of aromatic hydroxyl groups is 1. The first-order chi connectivity index (χ1) is 12.8. The molecule has 1 aliphatic heterocycles. The smallest absolute Gasteiger partial charge is 0.336 e. The molecule has 0 radical (unpaired) electrons. The van der Waals surface area contributed by atoms with Crippen molar-refractivity contribution >= 4 is 41.2 Å². The monoisotopic (exact) mass is 390 g/mol. The summed E-state index contributed by atoms with van der Waals surface area (Å²) in [7, 11) is 1.30. The third kappa shape index (κ3) is 3.34. The van der Waals surface area contributed by atoms with Crippen molar-refractivity contribution in [3.63, 3.8) is 0 Å². The van der Waals surface area contributed by atoms with Gasteiger partial charge in [0.1, 0.15) is 11.4 Å². The highest BCUT2D eigenvalue weighted by atomic mass is 35.5. The Bertz CT molecular complexity index is 1010. The minimum Gasteiger partial charge on any atom is -0.503 e. The Labute approximate surface area is 157 Å². The zero-order valence-corrected chi connectivity index (χ0v) is 14.6. The molecule has 1 aliphatic rings. The van der Waals surface area contributed by atoms with Crippen molar-refractivity contribution in [1.82, 2.24) is 5.32 Å². The molecule has 1 saturated heterocycles. The van der Waals surface area contributed by atoms with Crippen molar-refractivity contribution in [2.24, 2.45) is 0 Å². The van der Waals surface area contributed by atoms with Crippen LogP contribution in [0.4, 0.5) is 14.9 Å². The van der Waals surface area contributed by atoms with E-state index in [0.717, 1.165) is 12.1 Å². The lowest BCUT2D eigenvalue weighted by Gasteiger charge is -2.26. The van der Waals surface area contributed by atoms with E-state index >= 15 is 0 Å². The molecule has 0 saturated carbocycles. The Hall–Kier alpha value is -3.39. The van der Waals surface area contributed by atoms with Gasteiger partial charge in [0.25, 0.3) is 11.8 Å². The van der Waals surface area contributed by atoms with Gasteiger partial charge >= 0.3 is 6.03 Å². The number of amides is 4. The molecule has 0 aromatic heterocycles.